The summed E-state index contributed by atoms with van der Waals surface area (Å²) >= 11 is 0. The van der Waals surface area contributed by atoms with E-state index in [0.29, 0.717) is 19.0 Å². The second-order valence-corrected chi connectivity index (χ2v) is 6.08. The quantitative estimate of drug-likeness (QED) is 0.917. The average molecular weight is 287 g/mol. The third-order valence-corrected chi connectivity index (χ3v) is 4.16. The van der Waals surface area contributed by atoms with Crippen LogP contribution in [0.4, 0.5) is 11.4 Å². The van der Waals surface area contributed by atoms with Crippen LogP contribution in [0, 0.1) is 5.92 Å². The Balaban J connectivity index is 1.68. The standard InChI is InChI=1S/C16H21N3O2/c1-18(2)14-6-4-3-5-13(14)17-16(21)11-9-15(20)19(10-11)12-7-8-12/h3-6,11-12H,7-10H2,1-2H3,(H,17,21). The first-order valence-electron chi connectivity index (χ1n) is 7.43. The number of nitrogens with zero attached hydrogens (tertiary/aromatic N) is 2. The maximum Gasteiger partial charge on any atom is 0.229 e. The van der Waals surface area contributed by atoms with Crippen molar-refractivity contribution < 1.29 is 9.59 Å². The van der Waals surface area contributed by atoms with Gasteiger partial charge in [0.05, 0.1) is 17.3 Å². The largest absolute Gasteiger partial charge is 0.376 e. The van der Waals surface area contributed by atoms with Crippen LogP contribution in [0.3, 0.4) is 0 Å². The molecule has 112 valence electrons. The van der Waals surface area contributed by atoms with Gasteiger partial charge in [-0.25, -0.2) is 0 Å². The van der Waals surface area contributed by atoms with Crippen molar-refractivity contribution in [3.8, 4) is 0 Å². The molecule has 1 saturated heterocycles. The number of para-hydroxylation sites is 2. The zero-order chi connectivity index (χ0) is 15.0. The summed E-state index contributed by atoms with van der Waals surface area (Å²) in [5.74, 6) is -0.160. The van der Waals surface area contributed by atoms with Gasteiger partial charge in [-0.2, -0.15) is 0 Å². The lowest BCUT2D eigenvalue weighted by molar-refractivity contribution is -0.128. The van der Waals surface area contributed by atoms with Gasteiger partial charge in [0.25, 0.3) is 0 Å². The molecule has 0 aromatic heterocycles. The third kappa shape index (κ3) is 2.86. The molecule has 1 saturated carbocycles. The van der Waals surface area contributed by atoms with E-state index in [1.807, 2.05) is 48.2 Å². The van der Waals surface area contributed by atoms with Crippen LogP contribution in [0.15, 0.2) is 24.3 Å². The van der Waals surface area contributed by atoms with Crippen molar-refractivity contribution >= 4 is 23.2 Å². The van der Waals surface area contributed by atoms with Gasteiger partial charge in [-0.05, 0) is 25.0 Å². The molecule has 5 nitrogen and oxygen atoms in total. The van der Waals surface area contributed by atoms with E-state index >= 15 is 0 Å². The molecule has 2 aliphatic rings. The Labute approximate surface area is 124 Å². The van der Waals surface area contributed by atoms with Crippen LogP contribution < -0.4 is 10.2 Å². The van der Waals surface area contributed by atoms with Gasteiger partial charge in [-0.1, -0.05) is 12.1 Å². The molecule has 1 aliphatic carbocycles. The Kier molecular flexibility index (Phi) is 3.57. The van der Waals surface area contributed by atoms with Crippen molar-refractivity contribution in [2.45, 2.75) is 25.3 Å². The highest BCUT2D eigenvalue weighted by Crippen LogP contribution is 2.33. The minimum atomic E-state index is -0.228. The summed E-state index contributed by atoms with van der Waals surface area (Å²) in [5, 5.41) is 2.97. The number of likely N-dealkylation sites (tertiary alicyclic amines) is 1. The Morgan fingerprint density at radius 3 is 2.67 bits per heavy atom. The maximum absolute atomic E-state index is 12.4. The second kappa shape index (κ2) is 5.39. The van der Waals surface area contributed by atoms with Gasteiger partial charge >= 0.3 is 0 Å². The first-order chi connectivity index (χ1) is 10.1. The van der Waals surface area contributed by atoms with Crippen LogP contribution in [-0.2, 0) is 9.59 Å². The van der Waals surface area contributed by atoms with Crippen LogP contribution in [0.1, 0.15) is 19.3 Å². The summed E-state index contributed by atoms with van der Waals surface area (Å²) in [5.41, 5.74) is 1.76. The van der Waals surface area contributed by atoms with Gasteiger partial charge in [0.15, 0.2) is 0 Å². The van der Waals surface area contributed by atoms with Gasteiger partial charge in [0, 0.05) is 33.1 Å². The smallest absolute Gasteiger partial charge is 0.229 e. The predicted molar refractivity (Wildman–Crippen MR) is 82.2 cm³/mol. The van der Waals surface area contributed by atoms with Crippen molar-refractivity contribution in [2.24, 2.45) is 5.92 Å². The van der Waals surface area contributed by atoms with Gasteiger partial charge in [0.1, 0.15) is 0 Å². The molecule has 1 aromatic rings. The third-order valence-electron chi connectivity index (χ3n) is 4.16. The lowest BCUT2D eigenvalue weighted by Crippen LogP contribution is -2.30. The second-order valence-electron chi connectivity index (χ2n) is 6.08. The number of carbonyl (C=O) groups is 2. The zero-order valence-electron chi connectivity index (χ0n) is 12.5. The van der Waals surface area contributed by atoms with Crippen LogP contribution in [0.2, 0.25) is 0 Å². The van der Waals surface area contributed by atoms with Crippen LogP contribution in [-0.4, -0.2) is 43.4 Å². The molecule has 2 fully saturated rings. The SMILES string of the molecule is CN(C)c1ccccc1NC(=O)C1CC(=O)N(C2CC2)C1. The summed E-state index contributed by atoms with van der Waals surface area (Å²) in [4.78, 5) is 28.2. The maximum atomic E-state index is 12.4. The number of benzene rings is 1. The van der Waals surface area contributed by atoms with E-state index in [9.17, 15) is 9.59 Å². The molecule has 0 spiro atoms. The van der Waals surface area contributed by atoms with E-state index < -0.39 is 0 Å². The molecular formula is C16H21N3O2. The number of hydrogen-bond donors (Lipinski definition) is 1. The normalized spacial score (nSPS) is 21.5. The fourth-order valence-corrected chi connectivity index (χ4v) is 2.85. The summed E-state index contributed by atoms with van der Waals surface area (Å²) in [6.07, 6.45) is 2.51. The topological polar surface area (TPSA) is 52.7 Å². The molecule has 2 amide bonds. The lowest BCUT2D eigenvalue weighted by Gasteiger charge is -2.19. The van der Waals surface area contributed by atoms with Gasteiger partial charge in [-0.3, -0.25) is 9.59 Å². The Morgan fingerprint density at radius 2 is 2.00 bits per heavy atom. The number of rotatable bonds is 4. The minimum absolute atomic E-state index is 0.0548. The van der Waals surface area contributed by atoms with Crippen LogP contribution >= 0.6 is 0 Å². The number of anilines is 2. The molecule has 1 unspecified atom stereocenters. The monoisotopic (exact) mass is 287 g/mol. The average Bonchev–Trinajstić information content (AvgIpc) is 3.22. The molecule has 1 aliphatic heterocycles. The van der Waals surface area contributed by atoms with E-state index in [1.165, 1.54) is 0 Å². The van der Waals surface area contributed by atoms with E-state index in [1.54, 1.807) is 0 Å². The van der Waals surface area contributed by atoms with Crippen molar-refractivity contribution in [1.29, 1.82) is 0 Å². The molecular weight excluding hydrogens is 266 g/mol. The van der Waals surface area contributed by atoms with E-state index in [-0.39, 0.29) is 17.7 Å². The van der Waals surface area contributed by atoms with E-state index in [4.69, 9.17) is 0 Å². The molecule has 1 aromatic carbocycles. The number of hydrogen-bond acceptors (Lipinski definition) is 3. The highest BCUT2D eigenvalue weighted by molar-refractivity contribution is 5.99. The zero-order valence-corrected chi connectivity index (χ0v) is 12.5. The Hall–Kier alpha value is -2.04. The highest BCUT2D eigenvalue weighted by Gasteiger charge is 2.41. The summed E-state index contributed by atoms with van der Waals surface area (Å²) in [7, 11) is 3.89. The fourth-order valence-electron chi connectivity index (χ4n) is 2.85. The van der Waals surface area contributed by atoms with Gasteiger partial charge in [-0.15, -0.1) is 0 Å². The first kappa shape index (κ1) is 13.9. The van der Waals surface area contributed by atoms with Gasteiger partial charge in [0.2, 0.25) is 11.8 Å². The summed E-state index contributed by atoms with van der Waals surface area (Å²) in [6.45, 7) is 0.569. The molecule has 1 N–H and O–H groups in total. The highest BCUT2D eigenvalue weighted by atomic mass is 16.2. The van der Waals surface area contributed by atoms with Crippen molar-refractivity contribution in [3.63, 3.8) is 0 Å². The Morgan fingerprint density at radius 1 is 1.29 bits per heavy atom. The first-order valence-corrected chi connectivity index (χ1v) is 7.43. The van der Waals surface area contributed by atoms with Gasteiger partial charge < -0.3 is 15.1 Å². The number of amides is 2. The molecule has 5 heteroatoms. The fraction of sp³-hybridized carbons (Fsp3) is 0.500. The minimum Gasteiger partial charge on any atom is -0.376 e. The number of carbonyl (C=O) groups excluding carboxylic acids is 2. The molecule has 1 heterocycles. The van der Waals surface area contributed by atoms with Crippen molar-refractivity contribution in [2.75, 3.05) is 30.9 Å². The number of nitrogens with one attached hydrogen (secondary N) is 1. The van der Waals surface area contributed by atoms with Crippen molar-refractivity contribution in [3.05, 3.63) is 24.3 Å². The summed E-state index contributed by atoms with van der Waals surface area (Å²) < 4.78 is 0. The molecule has 0 radical (unpaired) electrons. The molecule has 21 heavy (non-hydrogen) atoms. The predicted octanol–water partition coefficient (Wildman–Crippen LogP) is 1.70. The molecule has 0 bridgehead atoms. The molecule has 1 atom stereocenters. The van der Waals surface area contributed by atoms with Crippen molar-refractivity contribution in [1.82, 2.24) is 4.90 Å². The summed E-state index contributed by atoms with van der Waals surface area (Å²) in [6, 6.07) is 8.09. The van der Waals surface area contributed by atoms with E-state index in [2.05, 4.69) is 5.32 Å². The lowest BCUT2D eigenvalue weighted by atomic mass is 10.1. The van der Waals surface area contributed by atoms with Crippen LogP contribution in [0.5, 0.6) is 0 Å². The molecule has 3 rings (SSSR count). The van der Waals surface area contributed by atoms with E-state index in [0.717, 1.165) is 24.2 Å². The Bertz CT molecular complexity index is 566. The van der Waals surface area contributed by atoms with Crippen LogP contribution in [0.25, 0.3) is 0 Å².